The third kappa shape index (κ3) is 4.23. The Morgan fingerprint density at radius 2 is 2.18 bits per heavy atom. The van der Waals surface area contributed by atoms with Crippen molar-refractivity contribution in [3.05, 3.63) is 12.2 Å². The highest BCUT2D eigenvalue weighted by molar-refractivity contribution is 5.00. The third-order valence-electron chi connectivity index (χ3n) is 4.39. The average Bonchev–Trinajstić information content (AvgIpc) is 2.80. The first-order valence-corrected chi connectivity index (χ1v) is 7.76. The van der Waals surface area contributed by atoms with Crippen LogP contribution in [0.4, 0.5) is 8.78 Å². The SMILES string of the molecule is C[C@@H]1CC(C)(C)C[C@](CO)(NCc2ncnn2CC(F)F)C1. The monoisotopic (exact) mass is 316 g/mol. The maximum Gasteiger partial charge on any atom is 0.257 e. The van der Waals surface area contributed by atoms with Crippen LogP contribution in [0, 0.1) is 11.3 Å². The fourth-order valence-corrected chi connectivity index (χ4v) is 4.03. The first-order chi connectivity index (χ1) is 10.3. The molecule has 5 nitrogen and oxygen atoms in total. The zero-order valence-corrected chi connectivity index (χ0v) is 13.5. The molecule has 22 heavy (non-hydrogen) atoms. The summed E-state index contributed by atoms with van der Waals surface area (Å²) in [5.74, 6) is 0.978. The number of aliphatic hydroxyl groups excluding tert-OH is 1. The standard InChI is InChI=1S/C15H26F2N4O/c1-11-4-14(2,3)8-15(5-11,9-22)19-6-13-18-10-20-21(13)7-12(16)17/h10-12,19,22H,4-9H2,1-3H3/t11-,15-/m1/s1. The first-order valence-electron chi connectivity index (χ1n) is 7.76. The Hall–Kier alpha value is -1.08. The molecule has 2 atom stereocenters. The lowest BCUT2D eigenvalue weighted by Gasteiger charge is -2.47. The van der Waals surface area contributed by atoms with Crippen molar-refractivity contribution in [3.63, 3.8) is 0 Å². The van der Waals surface area contributed by atoms with E-state index in [2.05, 4.69) is 36.2 Å². The van der Waals surface area contributed by atoms with Gasteiger partial charge < -0.3 is 10.4 Å². The van der Waals surface area contributed by atoms with Gasteiger partial charge in [0.15, 0.2) is 0 Å². The fourth-order valence-electron chi connectivity index (χ4n) is 4.03. The molecule has 1 aromatic heterocycles. The summed E-state index contributed by atoms with van der Waals surface area (Å²) in [5.41, 5.74) is -0.243. The summed E-state index contributed by atoms with van der Waals surface area (Å²) in [6.07, 6.45) is 1.68. The van der Waals surface area contributed by atoms with Gasteiger partial charge in [0.25, 0.3) is 6.43 Å². The Balaban J connectivity index is 2.06. The van der Waals surface area contributed by atoms with Gasteiger partial charge in [0, 0.05) is 5.54 Å². The molecule has 1 fully saturated rings. The number of rotatable bonds is 6. The van der Waals surface area contributed by atoms with Gasteiger partial charge in [-0.05, 0) is 30.6 Å². The molecule has 0 aromatic carbocycles. The van der Waals surface area contributed by atoms with Gasteiger partial charge in [-0.15, -0.1) is 0 Å². The predicted octanol–water partition coefficient (Wildman–Crippen LogP) is 2.21. The van der Waals surface area contributed by atoms with Gasteiger partial charge in [0.05, 0.1) is 13.2 Å². The lowest BCUT2D eigenvalue weighted by molar-refractivity contribution is 0.0343. The molecule has 0 bridgehead atoms. The van der Waals surface area contributed by atoms with E-state index in [1.165, 1.54) is 11.0 Å². The van der Waals surface area contributed by atoms with Gasteiger partial charge in [0.1, 0.15) is 18.7 Å². The van der Waals surface area contributed by atoms with E-state index in [1.54, 1.807) is 0 Å². The molecule has 0 aliphatic heterocycles. The summed E-state index contributed by atoms with van der Waals surface area (Å²) in [7, 11) is 0. The number of aliphatic hydroxyl groups is 1. The van der Waals surface area contributed by atoms with Crippen LogP contribution >= 0.6 is 0 Å². The smallest absolute Gasteiger partial charge is 0.257 e. The fraction of sp³-hybridized carbons (Fsp3) is 0.867. The highest BCUT2D eigenvalue weighted by Gasteiger charge is 2.42. The van der Waals surface area contributed by atoms with E-state index in [0.717, 1.165) is 19.3 Å². The van der Waals surface area contributed by atoms with Crippen molar-refractivity contribution in [1.82, 2.24) is 20.1 Å². The molecule has 0 spiro atoms. The summed E-state index contributed by atoms with van der Waals surface area (Å²) in [6.45, 7) is 6.50. The molecule has 1 heterocycles. The first kappa shape index (κ1) is 17.3. The Bertz CT molecular complexity index is 492. The maximum atomic E-state index is 12.5. The van der Waals surface area contributed by atoms with Crippen LogP contribution in [0.1, 0.15) is 45.9 Å². The van der Waals surface area contributed by atoms with Crippen molar-refractivity contribution in [2.45, 2.75) is 65.1 Å². The molecule has 2 rings (SSSR count). The van der Waals surface area contributed by atoms with Gasteiger partial charge in [-0.3, -0.25) is 0 Å². The summed E-state index contributed by atoms with van der Waals surface area (Å²) in [5, 5.41) is 17.1. The van der Waals surface area contributed by atoms with Crippen molar-refractivity contribution in [2.24, 2.45) is 11.3 Å². The molecule has 1 saturated carbocycles. The summed E-state index contributed by atoms with van der Waals surface area (Å²) < 4.78 is 26.3. The number of hydrogen-bond donors (Lipinski definition) is 2. The molecule has 1 aliphatic rings. The van der Waals surface area contributed by atoms with Crippen molar-refractivity contribution in [3.8, 4) is 0 Å². The largest absolute Gasteiger partial charge is 0.394 e. The molecule has 1 aliphatic carbocycles. The zero-order valence-electron chi connectivity index (χ0n) is 13.5. The molecule has 0 amide bonds. The van der Waals surface area contributed by atoms with E-state index < -0.39 is 13.0 Å². The van der Waals surface area contributed by atoms with E-state index in [0.29, 0.717) is 18.3 Å². The van der Waals surface area contributed by atoms with Gasteiger partial charge in [-0.2, -0.15) is 5.10 Å². The zero-order chi connectivity index (χ0) is 16.4. The molecule has 0 saturated heterocycles. The number of nitrogens with zero attached hydrogens (tertiary/aromatic N) is 3. The van der Waals surface area contributed by atoms with Crippen molar-refractivity contribution >= 4 is 0 Å². The number of hydrogen-bond acceptors (Lipinski definition) is 4. The van der Waals surface area contributed by atoms with E-state index in [4.69, 9.17) is 0 Å². The van der Waals surface area contributed by atoms with Crippen LogP contribution < -0.4 is 5.32 Å². The Kier molecular flexibility index (Phi) is 5.17. The highest BCUT2D eigenvalue weighted by Crippen LogP contribution is 2.43. The summed E-state index contributed by atoms with van der Waals surface area (Å²) in [6, 6.07) is 0. The molecule has 2 N–H and O–H groups in total. The third-order valence-corrected chi connectivity index (χ3v) is 4.39. The number of nitrogens with one attached hydrogen (secondary N) is 1. The Labute approximate surface area is 130 Å². The van der Waals surface area contributed by atoms with E-state index >= 15 is 0 Å². The predicted molar refractivity (Wildman–Crippen MR) is 79.5 cm³/mol. The van der Waals surface area contributed by atoms with Crippen LogP contribution in [0.5, 0.6) is 0 Å². The van der Waals surface area contributed by atoms with Crippen LogP contribution in [-0.2, 0) is 13.1 Å². The lowest BCUT2D eigenvalue weighted by Crippen LogP contribution is -2.55. The normalized spacial score (nSPS) is 28.2. The molecular weight excluding hydrogens is 290 g/mol. The van der Waals surface area contributed by atoms with Gasteiger partial charge in [-0.1, -0.05) is 20.8 Å². The second kappa shape index (κ2) is 6.58. The average molecular weight is 316 g/mol. The maximum absolute atomic E-state index is 12.5. The number of alkyl halides is 2. The second-order valence-corrected chi connectivity index (χ2v) is 7.40. The van der Waals surface area contributed by atoms with Gasteiger partial charge in [-0.25, -0.2) is 18.4 Å². The molecule has 7 heteroatoms. The van der Waals surface area contributed by atoms with Crippen molar-refractivity contribution in [2.75, 3.05) is 6.61 Å². The van der Waals surface area contributed by atoms with Crippen LogP contribution in [-0.4, -0.2) is 38.4 Å². The number of halogens is 2. The topological polar surface area (TPSA) is 63.0 Å². The molecular formula is C15H26F2N4O. The van der Waals surface area contributed by atoms with Gasteiger partial charge in [0.2, 0.25) is 0 Å². The minimum atomic E-state index is -2.46. The quantitative estimate of drug-likeness (QED) is 0.845. The molecule has 1 aromatic rings. The van der Waals surface area contributed by atoms with E-state index in [1.807, 2.05) is 0 Å². The summed E-state index contributed by atoms with van der Waals surface area (Å²) >= 11 is 0. The molecule has 126 valence electrons. The summed E-state index contributed by atoms with van der Waals surface area (Å²) in [4.78, 5) is 4.05. The van der Waals surface area contributed by atoms with E-state index in [-0.39, 0.29) is 17.6 Å². The number of aromatic nitrogens is 3. The molecule has 0 unspecified atom stereocenters. The lowest BCUT2D eigenvalue weighted by atomic mass is 9.64. The van der Waals surface area contributed by atoms with Crippen LogP contribution in [0.3, 0.4) is 0 Å². The minimum Gasteiger partial charge on any atom is -0.394 e. The highest BCUT2D eigenvalue weighted by atomic mass is 19.3. The van der Waals surface area contributed by atoms with Crippen LogP contribution in [0.2, 0.25) is 0 Å². The minimum absolute atomic E-state index is 0.0315. The Morgan fingerprint density at radius 1 is 1.45 bits per heavy atom. The van der Waals surface area contributed by atoms with E-state index in [9.17, 15) is 13.9 Å². The van der Waals surface area contributed by atoms with Crippen LogP contribution in [0.15, 0.2) is 6.33 Å². The Morgan fingerprint density at radius 3 is 2.77 bits per heavy atom. The molecule has 0 radical (unpaired) electrons. The van der Waals surface area contributed by atoms with Crippen LogP contribution in [0.25, 0.3) is 0 Å². The van der Waals surface area contributed by atoms with Crippen molar-refractivity contribution < 1.29 is 13.9 Å². The van der Waals surface area contributed by atoms with Crippen molar-refractivity contribution in [1.29, 1.82) is 0 Å². The van der Waals surface area contributed by atoms with Gasteiger partial charge >= 0.3 is 0 Å². The second-order valence-electron chi connectivity index (χ2n) is 7.40.